The normalized spacial score (nSPS) is 36.2. The van der Waals surface area contributed by atoms with Gasteiger partial charge in [-0.25, -0.2) is 0 Å². The van der Waals surface area contributed by atoms with Gasteiger partial charge in [0.1, 0.15) is 0 Å². The van der Waals surface area contributed by atoms with Gasteiger partial charge in [-0.2, -0.15) is 0 Å². The van der Waals surface area contributed by atoms with Crippen molar-refractivity contribution in [3.8, 4) is 0 Å². The van der Waals surface area contributed by atoms with E-state index in [1.165, 1.54) is 18.4 Å². The van der Waals surface area contributed by atoms with Crippen molar-refractivity contribution in [1.82, 2.24) is 0 Å². The topological polar surface area (TPSA) is 12.5 Å². The van der Waals surface area contributed by atoms with E-state index in [0.717, 1.165) is 0 Å². The summed E-state index contributed by atoms with van der Waals surface area (Å²) in [7, 11) is 0. The van der Waals surface area contributed by atoms with E-state index in [4.69, 9.17) is 4.74 Å². The van der Waals surface area contributed by atoms with Gasteiger partial charge in [0.2, 0.25) is 0 Å². The van der Waals surface area contributed by atoms with Crippen molar-refractivity contribution in [3.63, 3.8) is 0 Å². The van der Waals surface area contributed by atoms with Crippen molar-refractivity contribution in [1.29, 1.82) is 0 Å². The third-order valence-electron chi connectivity index (χ3n) is 3.16. The first kappa shape index (κ1) is 9.79. The molecular weight excluding hydrogens is 148 g/mol. The van der Waals surface area contributed by atoms with Crippen LogP contribution in [-0.4, -0.2) is 11.7 Å². The van der Waals surface area contributed by atoms with Crippen molar-refractivity contribution in [2.75, 3.05) is 0 Å². The van der Waals surface area contributed by atoms with Crippen molar-refractivity contribution in [2.45, 2.75) is 52.2 Å². The predicted octanol–water partition coefficient (Wildman–Crippen LogP) is 3.16. The first-order valence-electron chi connectivity index (χ1n) is 4.79. The van der Waals surface area contributed by atoms with Gasteiger partial charge in [0.25, 0.3) is 0 Å². The van der Waals surface area contributed by atoms with E-state index >= 15 is 0 Å². The second-order valence-electron chi connectivity index (χ2n) is 4.36. The van der Waals surface area contributed by atoms with Crippen LogP contribution in [0.15, 0.2) is 12.2 Å². The molecule has 0 spiro atoms. The average Bonchev–Trinajstić information content (AvgIpc) is 2.56. The van der Waals surface area contributed by atoms with E-state index in [0.29, 0.717) is 12.0 Å². The molecule has 1 saturated heterocycles. The summed E-state index contributed by atoms with van der Waals surface area (Å²) in [6.07, 6.45) is 2.84. The minimum absolute atomic E-state index is 0.184. The molecule has 1 fully saturated rings. The zero-order valence-electron chi connectivity index (χ0n) is 8.68. The van der Waals surface area contributed by atoms with Crippen molar-refractivity contribution in [2.24, 2.45) is 5.92 Å². The van der Waals surface area contributed by atoms with Crippen LogP contribution in [0.1, 0.15) is 40.5 Å². The van der Waals surface area contributed by atoms with Gasteiger partial charge in [-0.15, -0.1) is 0 Å². The van der Waals surface area contributed by atoms with Crippen LogP contribution in [0.2, 0.25) is 0 Å². The lowest BCUT2D eigenvalue weighted by Gasteiger charge is -2.12. The summed E-state index contributed by atoms with van der Waals surface area (Å²) in [5, 5.41) is 0. The fourth-order valence-corrected chi connectivity index (χ4v) is 1.38. The molecule has 0 N–H and O–H groups in total. The Hall–Kier alpha value is -0.300. The van der Waals surface area contributed by atoms with E-state index < -0.39 is 0 Å². The van der Waals surface area contributed by atoms with E-state index in [9.17, 15) is 0 Å². The lowest BCUT2D eigenvalue weighted by Crippen LogP contribution is -2.10. The number of hydrogen-bond donors (Lipinski definition) is 0. The minimum Gasteiger partial charge on any atom is -0.367 e. The third-order valence-corrected chi connectivity index (χ3v) is 3.16. The Morgan fingerprint density at radius 2 is 2.17 bits per heavy atom. The SMILES string of the molecule is C=C(C)[C@@H](C)CCC1(C)OC1C. The third kappa shape index (κ3) is 2.10. The summed E-state index contributed by atoms with van der Waals surface area (Å²) in [4.78, 5) is 0. The number of rotatable bonds is 4. The molecule has 0 aromatic carbocycles. The second-order valence-corrected chi connectivity index (χ2v) is 4.36. The highest BCUT2D eigenvalue weighted by molar-refractivity contribution is 4.99. The highest BCUT2D eigenvalue weighted by atomic mass is 16.6. The number of epoxide rings is 1. The zero-order chi connectivity index (χ0) is 9.35. The lowest BCUT2D eigenvalue weighted by atomic mass is 9.92. The first-order valence-corrected chi connectivity index (χ1v) is 4.79. The smallest absolute Gasteiger partial charge is 0.0917 e. The molecule has 70 valence electrons. The minimum atomic E-state index is 0.184. The molecule has 1 aliphatic heterocycles. The van der Waals surface area contributed by atoms with Gasteiger partial charge in [-0.3, -0.25) is 0 Å². The Labute approximate surface area is 75.8 Å². The van der Waals surface area contributed by atoms with Crippen molar-refractivity contribution in [3.05, 3.63) is 12.2 Å². The molecule has 0 radical (unpaired) electrons. The Morgan fingerprint density at radius 3 is 2.50 bits per heavy atom. The molecule has 2 unspecified atom stereocenters. The Morgan fingerprint density at radius 1 is 1.67 bits per heavy atom. The van der Waals surface area contributed by atoms with Crippen LogP contribution < -0.4 is 0 Å². The molecule has 1 rings (SSSR count). The number of hydrogen-bond acceptors (Lipinski definition) is 1. The summed E-state index contributed by atoms with van der Waals surface area (Å²) in [5.41, 5.74) is 1.47. The van der Waals surface area contributed by atoms with Gasteiger partial charge < -0.3 is 4.74 Å². The van der Waals surface area contributed by atoms with Crippen molar-refractivity contribution < 1.29 is 4.74 Å². The summed E-state index contributed by atoms with van der Waals surface area (Å²) in [5.74, 6) is 0.637. The van der Waals surface area contributed by atoms with E-state index in [1.807, 2.05) is 0 Å². The molecular formula is C11H20O. The zero-order valence-corrected chi connectivity index (χ0v) is 8.68. The van der Waals surface area contributed by atoms with E-state index in [1.54, 1.807) is 0 Å². The molecule has 0 aromatic rings. The van der Waals surface area contributed by atoms with Gasteiger partial charge in [0.05, 0.1) is 11.7 Å². The first-order chi connectivity index (χ1) is 5.46. The maximum Gasteiger partial charge on any atom is 0.0917 e. The maximum atomic E-state index is 5.50. The van der Waals surface area contributed by atoms with Gasteiger partial charge in [0.15, 0.2) is 0 Å². The molecule has 0 bridgehead atoms. The molecule has 1 heterocycles. The van der Waals surface area contributed by atoms with Gasteiger partial charge >= 0.3 is 0 Å². The fraction of sp³-hybridized carbons (Fsp3) is 0.818. The van der Waals surface area contributed by atoms with Crippen LogP contribution in [0, 0.1) is 5.92 Å². The Bertz CT molecular complexity index is 185. The van der Waals surface area contributed by atoms with Crippen LogP contribution in [0.25, 0.3) is 0 Å². The monoisotopic (exact) mass is 168 g/mol. The molecule has 12 heavy (non-hydrogen) atoms. The van der Waals surface area contributed by atoms with Crippen LogP contribution in [0.5, 0.6) is 0 Å². The maximum absolute atomic E-state index is 5.50. The standard InChI is InChI=1S/C11H20O/c1-8(2)9(3)6-7-11(5)10(4)12-11/h9-10H,1,6-7H2,2-5H3/t9-,10?,11?/m0/s1. The summed E-state index contributed by atoms with van der Waals surface area (Å²) in [6, 6.07) is 0. The fourth-order valence-electron chi connectivity index (χ4n) is 1.38. The largest absolute Gasteiger partial charge is 0.367 e. The molecule has 0 aliphatic carbocycles. The van der Waals surface area contributed by atoms with Crippen LogP contribution >= 0.6 is 0 Å². The molecule has 0 aromatic heterocycles. The van der Waals surface area contributed by atoms with Gasteiger partial charge in [0, 0.05) is 0 Å². The predicted molar refractivity (Wildman–Crippen MR) is 52.2 cm³/mol. The quantitative estimate of drug-likeness (QED) is 0.464. The molecule has 1 aliphatic rings. The van der Waals surface area contributed by atoms with Crippen LogP contribution in [0.4, 0.5) is 0 Å². The molecule has 3 atom stereocenters. The van der Waals surface area contributed by atoms with E-state index in [-0.39, 0.29) is 5.60 Å². The number of allylic oxidation sites excluding steroid dienone is 1. The van der Waals surface area contributed by atoms with E-state index in [2.05, 4.69) is 34.3 Å². The lowest BCUT2D eigenvalue weighted by molar-refractivity contribution is 0.288. The van der Waals surface area contributed by atoms with Gasteiger partial charge in [-0.05, 0) is 39.5 Å². The van der Waals surface area contributed by atoms with Gasteiger partial charge in [-0.1, -0.05) is 19.1 Å². The average molecular weight is 168 g/mol. The molecule has 0 amide bonds. The van der Waals surface area contributed by atoms with Crippen molar-refractivity contribution >= 4 is 0 Å². The number of ether oxygens (including phenoxy) is 1. The Kier molecular flexibility index (Phi) is 2.62. The molecule has 0 saturated carbocycles. The Balaban J connectivity index is 2.22. The highest BCUT2D eigenvalue weighted by Gasteiger charge is 2.47. The highest BCUT2D eigenvalue weighted by Crippen LogP contribution is 2.40. The summed E-state index contributed by atoms with van der Waals surface area (Å²) >= 11 is 0. The van der Waals surface area contributed by atoms with Crippen LogP contribution in [-0.2, 0) is 4.74 Å². The van der Waals surface area contributed by atoms with Crippen LogP contribution in [0.3, 0.4) is 0 Å². The molecule has 1 nitrogen and oxygen atoms in total. The summed E-state index contributed by atoms with van der Waals surface area (Å²) < 4.78 is 5.50. The summed E-state index contributed by atoms with van der Waals surface area (Å²) in [6.45, 7) is 12.6. The molecule has 1 heteroatoms. The second kappa shape index (κ2) is 3.21.